The van der Waals surface area contributed by atoms with Gasteiger partial charge in [-0.2, -0.15) is 0 Å². The van der Waals surface area contributed by atoms with Crippen LogP contribution in [0.25, 0.3) is 22.3 Å². The van der Waals surface area contributed by atoms with E-state index in [9.17, 15) is 0 Å². The lowest BCUT2D eigenvalue weighted by Crippen LogP contribution is -2.01. The molecule has 0 unspecified atom stereocenters. The fourth-order valence-electron chi connectivity index (χ4n) is 2.54. The number of nitrogen functional groups attached to an aromatic ring is 1. The first kappa shape index (κ1) is 13.4. The molecule has 3 rings (SSSR count). The Morgan fingerprint density at radius 3 is 1.52 bits per heavy atom. The Kier molecular flexibility index (Phi) is 3.71. The first-order valence-corrected chi connectivity index (χ1v) is 7.03. The van der Waals surface area contributed by atoms with E-state index >= 15 is 0 Å². The minimum atomic E-state index is 0. The Labute approximate surface area is 126 Å². The lowest BCUT2D eigenvalue weighted by Gasteiger charge is -2.14. The summed E-state index contributed by atoms with van der Waals surface area (Å²) in [6.07, 6.45) is 0. The van der Waals surface area contributed by atoms with Gasteiger partial charge in [0.25, 0.3) is 0 Å². The Bertz CT molecular complexity index is 679. The molecule has 0 aliphatic rings. The molecular formula is C19H19N2+. The predicted molar refractivity (Wildman–Crippen MR) is 90.7 cm³/mol. The van der Waals surface area contributed by atoms with Gasteiger partial charge in [-0.3, -0.25) is 0 Å². The van der Waals surface area contributed by atoms with Gasteiger partial charge in [0.1, 0.15) is 0 Å². The summed E-state index contributed by atoms with van der Waals surface area (Å²) < 4.78 is 0. The molecule has 0 atom stereocenters. The van der Waals surface area contributed by atoms with Crippen LogP contribution in [0.1, 0.15) is 6.99 Å². The van der Waals surface area contributed by atoms with E-state index in [0.29, 0.717) is 6.54 Å². The zero-order valence-corrected chi connectivity index (χ0v) is 11.8. The van der Waals surface area contributed by atoms with E-state index in [-0.39, 0.29) is 1.43 Å². The second kappa shape index (κ2) is 5.81. The molecule has 3 aromatic carbocycles. The third-order valence-electron chi connectivity index (χ3n) is 3.65. The second-order valence-corrected chi connectivity index (χ2v) is 5.04. The van der Waals surface area contributed by atoms with Crippen LogP contribution in [0.4, 0.5) is 5.69 Å². The molecule has 2 heteroatoms. The molecule has 3 aromatic rings. The molecule has 104 valence electrons. The van der Waals surface area contributed by atoms with Gasteiger partial charge >= 0.3 is 1.43 Å². The van der Waals surface area contributed by atoms with Gasteiger partial charge in [0, 0.05) is 23.4 Å². The first-order valence-electron chi connectivity index (χ1n) is 7.03. The van der Waals surface area contributed by atoms with E-state index in [1.54, 1.807) is 0 Å². The quantitative estimate of drug-likeness (QED) is 0.705. The van der Waals surface area contributed by atoms with Crippen LogP contribution < -0.4 is 11.5 Å². The summed E-state index contributed by atoms with van der Waals surface area (Å²) in [6, 6.07) is 24.5. The van der Waals surface area contributed by atoms with Crippen molar-refractivity contribution in [1.82, 2.24) is 0 Å². The third-order valence-corrected chi connectivity index (χ3v) is 3.65. The van der Waals surface area contributed by atoms with Gasteiger partial charge in [0.15, 0.2) is 0 Å². The Morgan fingerprint density at radius 1 is 0.714 bits per heavy atom. The number of hydrogen-bond donors (Lipinski definition) is 2. The van der Waals surface area contributed by atoms with Crippen LogP contribution in [-0.4, -0.2) is 0 Å². The van der Waals surface area contributed by atoms with E-state index in [1.807, 2.05) is 36.4 Å². The van der Waals surface area contributed by atoms with Crippen LogP contribution in [0.5, 0.6) is 0 Å². The highest BCUT2D eigenvalue weighted by Crippen LogP contribution is 2.35. The third kappa shape index (κ3) is 2.67. The summed E-state index contributed by atoms with van der Waals surface area (Å²) in [7, 11) is 0. The number of benzene rings is 3. The highest BCUT2D eigenvalue weighted by molar-refractivity contribution is 5.89. The standard InChI is InChI=1S/C19H18N2/c20-13-14-11-17(15-7-3-1-4-8-15)19(21)18(12-14)16-9-5-2-6-10-16/h1-12H,13,20-21H2/p+1. The van der Waals surface area contributed by atoms with Gasteiger partial charge in [-0.1, -0.05) is 60.7 Å². The van der Waals surface area contributed by atoms with E-state index in [2.05, 4.69) is 36.4 Å². The Balaban J connectivity index is 0.00000176. The first-order chi connectivity index (χ1) is 10.3. The van der Waals surface area contributed by atoms with Crippen molar-refractivity contribution in [3.05, 3.63) is 78.4 Å². The summed E-state index contributed by atoms with van der Waals surface area (Å²) in [6.45, 7) is 0.500. The molecule has 0 saturated carbocycles. The van der Waals surface area contributed by atoms with Crippen molar-refractivity contribution in [2.45, 2.75) is 6.54 Å². The Hall–Kier alpha value is -2.58. The van der Waals surface area contributed by atoms with Crippen molar-refractivity contribution in [2.24, 2.45) is 5.73 Å². The smallest absolute Gasteiger partial charge is 0.398 e. The van der Waals surface area contributed by atoms with Crippen molar-refractivity contribution >= 4 is 5.69 Å². The number of anilines is 1. The molecule has 0 radical (unpaired) electrons. The number of hydrogen-bond acceptors (Lipinski definition) is 2. The SMILES string of the molecule is NCc1cc(-c2ccccc2)c(N)c(-c2ccccc2)c1.[H+]. The average molecular weight is 275 g/mol. The van der Waals surface area contributed by atoms with Crippen molar-refractivity contribution in [3.8, 4) is 22.3 Å². The predicted octanol–water partition coefficient (Wildman–Crippen LogP) is 4.17. The molecule has 0 spiro atoms. The number of rotatable bonds is 3. The number of nitrogens with two attached hydrogens (primary N) is 2. The molecular weight excluding hydrogens is 256 g/mol. The lowest BCUT2D eigenvalue weighted by molar-refractivity contribution is 1.07. The molecule has 0 amide bonds. The van der Waals surface area contributed by atoms with Crippen molar-refractivity contribution in [1.29, 1.82) is 0 Å². The highest BCUT2D eigenvalue weighted by atomic mass is 14.6. The normalized spacial score (nSPS) is 10.5. The van der Waals surface area contributed by atoms with E-state index in [4.69, 9.17) is 11.5 Å². The van der Waals surface area contributed by atoms with Gasteiger partial charge < -0.3 is 11.5 Å². The summed E-state index contributed by atoms with van der Waals surface area (Å²) in [5.74, 6) is 0. The molecule has 21 heavy (non-hydrogen) atoms. The maximum absolute atomic E-state index is 6.43. The minimum absolute atomic E-state index is 0. The Morgan fingerprint density at radius 2 is 1.14 bits per heavy atom. The molecule has 0 bridgehead atoms. The molecule has 0 saturated heterocycles. The van der Waals surface area contributed by atoms with Crippen molar-refractivity contribution in [3.63, 3.8) is 0 Å². The van der Waals surface area contributed by atoms with Gasteiger partial charge in [-0.25, -0.2) is 0 Å². The van der Waals surface area contributed by atoms with E-state index < -0.39 is 0 Å². The zero-order chi connectivity index (χ0) is 14.7. The summed E-state index contributed by atoms with van der Waals surface area (Å²) in [5.41, 5.74) is 18.5. The molecule has 0 aliphatic heterocycles. The maximum atomic E-state index is 6.43. The van der Waals surface area contributed by atoms with Crippen LogP contribution >= 0.6 is 0 Å². The maximum Gasteiger partial charge on any atom is 1.00 e. The van der Waals surface area contributed by atoms with E-state index in [0.717, 1.165) is 33.5 Å². The van der Waals surface area contributed by atoms with Gasteiger partial charge in [0.2, 0.25) is 0 Å². The van der Waals surface area contributed by atoms with Crippen molar-refractivity contribution < 1.29 is 1.43 Å². The second-order valence-electron chi connectivity index (χ2n) is 5.04. The molecule has 0 heterocycles. The minimum Gasteiger partial charge on any atom is -0.398 e. The van der Waals surface area contributed by atoms with Gasteiger partial charge in [-0.05, 0) is 28.8 Å². The van der Waals surface area contributed by atoms with Gasteiger partial charge in [0.05, 0.1) is 0 Å². The summed E-state index contributed by atoms with van der Waals surface area (Å²) in [4.78, 5) is 0. The largest absolute Gasteiger partial charge is 1.00 e. The lowest BCUT2D eigenvalue weighted by atomic mass is 9.93. The van der Waals surface area contributed by atoms with Crippen LogP contribution in [0.15, 0.2) is 72.8 Å². The average Bonchev–Trinajstić information content (AvgIpc) is 2.57. The highest BCUT2D eigenvalue weighted by Gasteiger charge is 2.11. The molecule has 2 nitrogen and oxygen atoms in total. The molecule has 4 N–H and O–H groups in total. The molecule has 0 fully saturated rings. The monoisotopic (exact) mass is 275 g/mol. The zero-order valence-electron chi connectivity index (χ0n) is 12.8. The fraction of sp³-hybridized carbons (Fsp3) is 0.0526. The molecule has 0 aliphatic carbocycles. The van der Waals surface area contributed by atoms with Crippen LogP contribution in [0, 0.1) is 0 Å². The fourth-order valence-corrected chi connectivity index (χ4v) is 2.54. The van der Waals surface area contributed by atoms with Crippen LogP contribution in [0.3, 0.4) is 0 Å². The topological polar surface area (TPSA) is 52.0 Å². The van der Waals surface area contributed by atoms with Gasteiger partial charge in [-0.15, -0.1) is 0 Å². The van der Waals surface area contributed by atoms with E-state index in [1.165, 1.54) is 0 Å². The van der Waals surface area contributed by atoms with Crippen LogP contribution in [0.2, 0.25) is 0 Å². The summed E-state index contributed by atoms with van der Waals surface area (Å²) >= 11 is 0. The van der Waals surface area contributed by atoms with Crippen LogP contribution in [-0.2, 0) is 6.54 Å². The van der Waals surface area contributed by atoms with Crippen molar-refractivity contribution in [2.75, 3.05) is 5.73 Å². The molecule has 0 aromatic heterocycles. The summed E-state index contributed by atoms with van der Waals surface area (Å²) in [5, 5.41) is 0.